The average Bonchev–Trinajstić information content (AvgIpc) is 3.18. The van der Waals surface area contributed by atoms with Crippen molar-refractivity contribution in [2.75, 3.05) is 11.5 Å². The summed E-state index contributed by atoms with van der Waals surface area (Å²) in [6, 6.07) is 14.1. The molecule has 0 N–H and O–H groups in total. The molecule has 3 aromatic rings. The van der Waals surface area contributed by atoms with Crippen molar-refractivity contribution in [1.29, 1.82) is 5.26 Å². The average molecular weight is 588 g/mol. The predicted octanol–water partition coefficient (Wildman–Crippen LogP) is 5.40. The van der Waals surface area contributed by atoms with Crippen molar-refractivity contribution in [1.82, 2.24) is 4.98 Å². The molecule has 1 aromatic heterocycles. The zero-order chi connectivity index (χ0) is 29.2. The first kappa shape index (κ1) is 28.8. The monoisotopic (exact) mass is 587 g/mol. The minimum absolute atomic E-state index is 0.0389. The van der Waals surface area contributed by atoms with Crippen molar-refractivity contribution in [3.63, 3.8) is 0 Å². The Morgan fingerprint density at radius 1 is 1.18 bits per heavy atom. The van der Waals surface area contributed by atoms with Gasteiger partial charge in [0.2, 0.25) is 17.6 Å². The van der Waals surface area contributed by atoms with Crippen molar-refractivity contribution in [2.24, 2.45) is 0 Å². The number of halogens is 4. The topological polar surface area (TPSA) is 117 Å². The molecule has 2 amide bonds. The van der Waals surface area contributed by atoms with Crippen molar-refractivity contribution in [3.8, 4) is 6.07 Å². The van der Waals surface area contributed by atoms with Crippen LogP contribution in [0.3, 0.4) is 0 Å². The number of thioether (sulfide) groups is 1. The third kappa shape index (κ3) is 6.00. The van der Waals surface area contributed by atoms with Gasteiger partial charge < -0.3 is 4.74 Å². The largest absolute Gasteiger partial charge is 0.454 e. The van der Waals surface area contributed by atoms with E-state index in [4.69, 9.17) is 16.3 Å². The molecule has 8 nitrogen and oxygen atoms in total. The Balaban J connectivity index is 1.46. The Labute approximate surface area is 234 Å². The first-order valence-corrected chi connectivity index (χ1v) is 12.7. The maximum atomic E-state index is 13.3. The molecule has 2 aromatic carbocycles. The maximum absolute atomic E-state index is 13.3. The number of carbonyl (C=O) groups is 4. The minimum atomic E-state index is -4.76. The van der Waals surface area contributed by atoms with E-state index in [-0.39, 0.29) is 44.4 Å². The Bertz CT molecular complexity index is 1570. The molecule has 0 spiro atoms. The number of alkyl halides is 3. The number of carbonyl (C=O) groups excluding carboxylic acids is 4. The van der Waals surface area contributed by atoms with Gasteiger partial charge in [0, 0.05) is 12.0 Å². The number of imide groups is 1. The van der Waals surface area contributed by atoms with Crippen LogP contribution < -0.4 is 4.90 Å². The molecular weight excluding hydrogens is 571 g/mol. The summed E-state index contributed by atoms with van der Waals surface area (Å²) in [6.45, 7) is 0.771. The van der Waals surface area contributed by atoms with E-state index in [0.717, 1.165) is 11.0 Å². The van der Waals surface area contributed by atoms with Crippen LogP contribution >= 0.6 is 23.4 Å². The fourth-order valence-corrected chi connectivity index (χ4v) is 5.26. The second kappa shape index (κ2) is 11.5. The Morgan fingerprint density at radius 3 is 2.48 bits per heavy atom. The number of hydrogen-bond acceptors (Lipinski definition) is 8. The van der Waals surface area contributed by atoms with E-state index >= 15 is 0 Å². The molecule has 0 radical (unpaired) electrons. The smallest absolute Gasteiger partial charge is 0.433 e. The highest BCUT2D eigenvalue weighted by Crippen LogP contribution is 2.38. The molecule has 1 aliphatic rings. The molecular formula is C27H17ClF3N3O5S. The van der Waals surface area contributed by atoms with Gasteiger partial charge in [-0.2, -0.15) is 18.4 Å². The quantitative estimate of drug-likeness (QED) is 0.205. The maximum Gasteiger partial charge on any atom is 0.433 e. The van der Waals surface area contributed by atoms with E-state index in [1.165, 1.54) is 43.3 Å². The van der Waals surface area contributed by atoms with Gasteiger partial charge in [-0.05, 0) is 55.0 Å². The fraction of sp³-hybridized carbons (Fsp3) is 0.185. The van der Waals surface area contributed by atoms with Crippen LogP contribution in [0, 0.1) is 18.3 Å². The molecule has 4 rings (SSSR count). The summed E-state index contributed by atoms with van der Waals surface area (Å²) in [7, 11) is 0. The Hall–Kier alpha value is -4.21. The highest BCUT2D eigenvalue weighted by Gasteiger charge is 2.42. The third-order valence-electron chi connectivity index (χ3n) is 5.81. The van der Waals surface area contributed by atoms with Gasteiger partial charge in [0.1, 0.15) is 16.8 Å². The van der Waals surface area contributed by atoms with Gasteiger partial charge in [-0.1, -0.05) is 35.5 Å². The van der Waals surface area contributed by atoms with Crippen LogP contribution in [-0.4, -0.2) is 40.4 Å². The number of pyridine rings is 1. The molecule has 1 unspecified atom stereocenters. The SMILES string of the molecule is Cc1cc(C(F)(F)F)nc(SC2CC(=O)N(c3ccc(C(=O)OCC(=O)c4ccccc4Cl)cc3)C2=O)c1C#N. The van der Waals surface area contributed by atoms with Gasteiger partial charge in [0.15, 0.2) is 6.61 Å². The summed E-state index contributed by atoms with van der Waals surface area (Å²) < 4.78 is 44.8. The molecule has 0 saturated carbocycles. The lowest BCUT2D eigenvalue weighted by molar-refractivity contribution is -0.141. The number of ketones is 1. The number of nitriles is 1. The molecule has 0 bridgehead atoms. The van der Waals surface area contributed by atoms with Crippen LogP contribution in [0.5, 0.6) is 0 Å². The second-order valence-corrected chi connectivity index (χ2v) is 10.1. The van der Waals surface area contributed by atoms with Crippen molar-refractivity contribution < 1.29 is 37.1 Å². The molecule has 204 valence electrons. The number of ether oxygens (including phenoxy) is 1. The van der Waals surface area contributed by atoms with E-state index in [9.17, 15) is 37.6 Å². The molecule has 1 aliphatic heterocycles. The summed E-state index contributed by atoms with van der Waals surface area (Å²) in [5.74, 6) is -2.66. The highest BCUT2D eigenvalue weighted by molar-refractivity contribution is 8.00. The van der Waals surface area contributed by atoms with Crippen LogP contribution in [0.4, 0.5) is 18.9 Å². The summed E-state index contributed by atoms with van der Waals surface area (Å²) in [5.41, 5.74) is -0.928. The van der Waals surface area contributed by atoms with E-state index in [2.05, 4.69) is 4.98 Å². The zero-order valence-corrected chi connectivity index (χ0v) is 22.1. The van der Waals surface area contributed by atoms with E-state index in [1.807, 2.05) is 0 Å². The number of rotatable bonds is 7. The normalized spacial score (nSPS) is 15.2. The van der Waals surface area contributed by atoms with Gasteiger partial charge >= 0.3 is 12.1 Å². The molecule has 1 saturated heterocycles. The number of aromatic nitrogens is 1. The molecule has 2 heterocycles. The number of esters is 1. The molecule has 40 heavy (non-hydrogen) atoms. The van der Waals surface area contributed by atoms with Crippen molar-refractivity contribution >= 4 is 52.6 Å². The van der Waals surface area contributed by atoms with E-state index in [1.54, 1.807) is 18.2 Å². The van der Waals surface area contributed by atoms with Crippen LogP contribution in [0.1, 0.15) is 44.0 Å². The lowest BCUT2D eigenvalue weighted by atomic mass is 10.1. The molecule has 0 aliphatic carbocycles. The lowest BCUT2D eigenvalue weighted by Crippen LogP contribution is -2.31. The fourth-order valence-electron chi connectivity index (χ4n) is 3.84. The summed E-state index contributed by atoms with van der Waals surface area (Å²) in [4.78, 5) is 54.8. The predicted molar refractivity (Wildman–Crippen MR) is 138 cm³/mol. The Morgan fingerprint density at radius 2 is 1.85 bits per heavy atom. The standard InChI is InChI=1S/C27H17ClF3N3O5S/c1-14-10-22(27(29,30)31)33-24(18(14)12-32)40-21-11-23(36)34(25(21)37)16-8-6-15(7-9-16)26(38)39-13-20(35)17-4-2-3-5-19(17)28/h2-10,21H,11,13H2,1H3. The number of nitrogens with zero attached hydrogens (tertiary/aromatic N) is 3. The molecule has 13 heteroatoms. The molecule has 1 fully saturated rings. The summed E-state index contributed by atoms with van der Waals surface area (Å²) >= 11 is 6.58. The minimum Gasteiger partial charge on any atom is -0.454 e. The number of benzene rings is 2. The zero-order valence-electron chi connectivity index (χ0n) is 20.5. The van der Waals surface area contributed by atoms with Gasteiger partial charge in [0.05, 0.1) is 27.1 Å². The highest BCUT2D eigenvalue weighted by atomic mass is 35.5. The summed E-state index contributed by atoms with van der Waals surface area (Å²) in [6.07, 6.45) is -5.10. The molecule has 1 atom stereocenters. The Kier molecular flexibility index (Phi) is 8.27. The number of Topliss-reactive ketones (excluding diaryl/α,β-unsaturated/α-hetero) is 1. The number of aryl methyl sites for hydroxylation is 1. The van der Waals surface area contributed by atoms with Gasteiger partial charge in [0.25, 0.3) is 0 Å². The number of amides is 2. The number of hydrogen-bond donors (Lipinski definition) is 0. The van der Waals surface area contributed by atoms with Crippen LogP contribution in [0.25, 0.3) is 0 Å². The van der Waals surface area contributed by atoms with E-state index in [0.29, 0.717) is 11.8 Å². The first-order chi connectivity index (χ1) is 18.9. The van der Waals surface area contributed by atoms with E-state index < -0.39 is 47.3 Å². The van der Waals surface area contributed by atoms with Gasteiger partial charge in [-0.15, -0.1) is 0 Å². The van der Waals surface area contributed by atoms with Gasteiger partial charge in [-0.25, -0.2) is 14.7 Å². The summed E-state index contributed by atoms with van der Waals surface area (Å²) in [5, 5.41) is 8.22. The second-order valence-electron chi connectivity index (χ2n) is 8.52. The third-order valence-corrected chi connectivity index (χ3v) is 7.32. The van der Waals surface area contributed by atoms with Crippen molar-refractivity contribution in [3.05, 3.63) is 87.6 Å². The lowest BCUT2D eigenvalue weighted by Gasteiger charge is -2.16. The van der Waals surface area contributed by atoms with Gasteiger partial charge in [-0.3, -0.25) is 14.4 Å². The first-order valence-electron chi connectivity index (χ1n) is 11.5. The van der Waals surface area contributed by atoms with Crippen LogP contribution in [0.15, 0.2) is 59.6 Å². The number of anilines is 1. The van der Waals surface area contributed by atoms with Crippen LogP contribution in [-0.2, 0) is 20.5 Å². The van der Waals surface area contributed by atoms with Crippen molar-refractivity contribution in [2.45, 2.75) is 29.8 Å². The van der Waals surface area contributed by atoms with Crippen LogP contribution in [0.2, 0.25) is 5.02 Å².